The molecule has 0 saturated heterocycles. The van der Waals surface area contributed by atoms with Gasteiger partial charge in [0.15, 0.2) is 0 Å². The normalized spacial score (nSPS) is 13.8. The highest BCUT2D eigenvalue weighted by Crippen LogP contribution is 2.37. The first-order valence-electron chi connectivity index (χ1n) is 9.97. The molecule has 3 heterocycles. The lowest BCUT2D eigenvalue weighted by Crippen LogP contribution is -2.41. The molecule has 156 valence electrons. The van der Waals surface area contributed by atoms with Gasteiger partial charge >= 0.3 is 6.09 Å². The molecule has 0 radical (unpaired) electrons. The monoisotopic (exact) mass is 424 g/mol. The highest BCUT2D eigenvalue weighted by atomic mass is 35.5. The third kappa shape index (κ3) is 4.05. The summed E-state index contributed by atoms with van der Waals surface area (Å²) in [6.07, 6.45) is 3.23. The summed E-state index contributed by atoms with van der Waals surface area (Å²) in [5, 5.41) is 5.64. The average Bonchev–Trinajstić information content (AvgIpc) is 3.08. The number of aryl methyl sites for hydroxylation is 1. The maximum atomic E-state index is 12.7. The van der Waals surface area contributed by atoms with Gasteiger partial charge in [0.05, 0.1) is 18.8 Å². The summed E-state index contributed by atoms with van der Waals surface area (Å²) in [7, 11) is 0. The molecule has 0 fully saturated rings. The van der Waals surface area contributed by atoms with Crippen molar-refractivity contribution in [3.8, 4) is 22.4 Å². The topological polar surface area (TPSA) is 60.2 Å². The van der Waals surface area contributed by atoms with E-state index < -0.39 is 5.60 Å². The molecule has 1 aliphatic rings. The zero-order valence-electron chi connectivity index (χ0n) is 17.6. The van der Waals surface area contributed by atoms with Gasteiger partial charge in [-0.05, 0) is 63.1 Å². The summed E-state index contributed by atoms with van der Waals surface area (Å²) < 4.78 is 7.59. The quantitative estimate of drug-likeness (QED) is 0.558. The molecule has 0 atom stereocenters. The van der Waals surface area contributed by atoms with Crippen LogP contribution in [0, 0.1) is 6.92 Å². The van der Waals surface area contributed by atoms with E-state index in [4.69, 9.17) is 21.4 Å². The molecule has 0 spiro atoms. The molecule has 1 aromatic carbocycles. The Morgan fingerprint density at radius 1 is 1.10 bits per heavy atom. The second-order valence-electron chi connectivity index (χ2n) is 8.50. The molecule has 0 saturated carbocycles. The van der Waals surface area contributed by atoms with Gasteiger partial charge in [-0.25, -0.2) is 4.79 Å². The van der Waals surface area contributed by atoms with E-state index in [0.29, 0.717) is 19.6 Å². The van der Waals surface area contributed by atoms with Crippen LogP contribution in [0.2, 0.25) is 5.02 Å². The van der Waals surface area contributed by atoms with E-state index in [1.165, 1.54) is 0 Å². The SMILES string of the molecule is Cc1cc(-c2nn3c(c2-c2ccncc2)CN(C(=O)OC(C)(C)C)CC3)ccc1Cl. The number of rotatable bonds is 2. The van der Waals surface area contributed by atoms with Gasteiger partial charge < -0.3 is 9.64 Å². The summed E-state index contributed by atoms with van der Waals surface area (Å²) in [6.45, 7) is 9.22. The summed E-state index contributed by atoms with van der Waals surface area (Å²) >= 11 is 6.24. The number of nitrogens with zero attached hydrogens (tertiary/aromatic N) is 4. The first-order valence-corrected chi connectivity index (χ1v) is 10.4. The van der Waals surface area contributed by atoms with Gasteiger partial charge in [-0.1, -0.05) is 17.7 Å². The highest BCUT2D eigenvalue weighted by molar-refractivity contribution is 6.31. The number of ether oxygens (including phenoxy) is 1. The molecule has 1 aliphatic heterocycles. The molecule has 0 unspecified atom stereocenters. The standard InChI is InChI=1S/C23H25ClN4O2/c1-15-13-17(5-6-18(15)24)21-20(16-7-9-25-10-8-16)19-14-27(11-12-28(19)26-21)22(29)30-23(2,3)4/h5-10,13H,11-12,14H2,1-4H3. The van der Waals surface area contributed by atoms with Crippen molar-refractivity contribution < 1.29 is 9.53 Å². The summed E-state index contributed by atoms with van der Waals surface area (Å²) in [4.78, 5) is 18.6. The van der Waals surface area contributed by atoms with Gasteiger partial charge in [-0.3, -0.25) is 9.67 Å². The van der Waals surface area contributed by atoms with E-state index in [2.05, 4.69) is 4.98 Å². The largest absolute Gasteiger partial charge is 0.444 e. The number of hydrogen-bond donors (Lipinski definition) is 0. The molecule has 30 heavy (non-hydrogen) atoms. The van der Waals surface area contributed by atoms with E-state index in [0.717, 1.165) is 38.7 Å². The molecule has 4 rings (SSSR count). The van der Waals surface area contributed by atoms with Gasteiger partial charge in [0.25, 0.3) is 0 Å². The van der Waals surface area contributed by atoms with Crippen LogP contribution in [0.1, 0.15) is 32.0 Å². The molecule has 2 aromatic heterocycles. The molecule has 1 amide bonds. The van der Waals surface area contributed by atoms with Crippen LogP contribution in [0.3, 0.4) is 0 Å². The summed E-state index contributed by atoms with van der Waals surface area (Å²) in [5.74, 6) is 0. The molecule has 0 aliphatic carbocycles. The predicted molar refractivity (Wildman–Crippen MR) is 117 cm³/mol. The van der Waals surface area contributed by atoms with Crippen molar-refractivity contribution in [2.45, 2.75) is 46.4 Å². The van der Waals surface area contributed by atoms with E-state index in [-0.39, 0.29) is 6.09 Å². The molecular formula is C23H25ClN4O2. The van der Waals surface area contributed by atoms with Crippen LogP contribution in [0.4, 0.5) is 4.79 Å². The first-order chi connectivity index (χ1) is 14.2. The Bertz CT molecular complexity index is 1090. The Hall–Kier alpha value is -2.86. The molecule has 0 bridgehead atoms. The van der Waals surface area contributed by atoms with Crippen molar-refractivity contribution >= 4 is 17.7 Å². The molecule has 0 N–H and O–H groups in total. The molecule has 7 heteroatoms. The number of benzene rings is 1. The van der Waals surface area contributed by atoms with Crippen LogP contribution >= 0.6 is 11.6 Å². The fourth-order valence-electron chi connectivity index (χ4n) is 3.62. The Balaban J connectivity index is 1.79. The number of carbonyl (C=O) groups is 1. The number of pyridine rings is 1. The van der Waals surface area contributed by atoms with Crippen LogP contribution in [0.15, 0.2) is 42.7 Å². The van der Waals surface area contributed by atoms with Gasteiger partial charge in [-0.2, -0.15) is 5.10 Å². The lowest BCUT2D eigenvalue weighted by Gasteiger charge is -2.30. The Kier molecular flexibility index (Phi) is 5.28. The maximum absolute atomic E-state index is 12.7. The number of carbonyl (C=O) groups excluding carboxylic acids is 1. The number of hydrogen-bond acceptors (Lipinski definition) is 4. The number of halogens is 1. The minimum Gasteiger partial charge on any atom is -0.444 e. The molecule has 6 nitrogen and oxygen atoms in total. The minimum atomic E-state index is -0.533. The Morgan fingerprint density at radius 3 is 2.50 bits per heavy atom. The first kappa shape index (κ1) is 20.4. The van der Waals surface area contributed by atoms with Crippen molar-refractivity contribution in [2.24, 2.45) is 0 Å². The number of aromatic nitrogens is 3. The Morgan fingerprint density at radius 2 is 1.83 bits per heavy atom. The fourth-order valence-corrected chi connectivity index (χ4v) is 3.73. The zero-order chi connectivity index (χ0) is 21.5. The minimum absolute atomic E-state index is 0.306. The third-order valence-electron chi connectivity index (χ3n) is 5.03. The van der Waals surface area contributed by atoms with Crippen LogP contribution in [-0.4, -0.2) is 37.9 Å². The third-order valence-corrected chi connectivity index (χ3v) is 5.46. The fraction of sp³-hybridized carbons (Fsp3) is 0.348. The van der Waals surface area contributed by atoms with Gasteiger partial charge in [-0.15, -0.1) is 0 Å². The maximum Gasteiger partial charge on any atom is 0.410 e. The van der Waals surface area contributed by atoms with Gasteiger partial charge in [0.1, 0.15) is 11.3 Å². The van der Waals surface area contributed by atoms with E-state index in [1.54, 1.807) is 17.3 Å². The van der Waals surface area contributed by atoms with E-state index in [9.17, 15) is 4.79 Å². The van der Waals surface area contributed by atoms with Gasteiger partial charge in [0, 0.05) is 35.1 Å². The van der Waals surface area contributed by atoms with Crippen molar-refractivity contribution in [3.63, 3.8) is 0 Å². The Labute approximate surface area is 181 Å². The van der Waals surface area contributed by atoms with Crippen LogP contribution < -0.4 is 0 Å². The predicted octanol–water partition coefficient (Wildman–Crippen LogP) is 5.32. The highest BCUT2D eigenvalue weighted by Gasteiger charge is 2.30. The second-order valence-corrected chi connectivity index (χ2v) is 8.90. The molecule has 3 aromatic rings. The number of amides is 1. The van der Waals surface area contributed by atoms with Crippen LogP contribution in [0.25, 0.3) is 22.4 Å². The average molecular weight is 425 g/mol. The van der Waals surface area contributed by atoms with Crippen molar-refractivity contribution in [3.05, 3.63) is 59.0 Å². The van der Waals surface area contributed by atoms with Crippen LogP contribution in [-0.2, 0) is 17.8 Å². The van der Waals surface area contributed by atoms with Crippen molar-refractivity contribution in [1.82, 2.24) is 19.7 Å². The summed E-state index contributed by atoms with van der Waals surface area (Å²) in [5.41, 5.74) is 5.34. The second kappa shape index (κ2) is 7.76. The zero-order valence-corrected chi connectivity index (χ0v) is 18.4. The summed E-state index contributed by atoms with van der Waals surface area (Å²) in [6, 6.07) is 9.87. The lowest BCUT2D eigenvalue weighted by molar-refractivity contribution is 0.0195. The van der Waals surface area contributed by atoms with Crippen LogP contribution in [0.5, 0.6) is 0 Å². The van der Waals surface area contributed by atoms with Gasteiger partial charge in [0.2, 0.25) is 0 Å². The molecular weight excluding hydrogens is 400 g/mol. The van der Waals surface area contributed by atoms with E-state index >= 15 is 0 Å². The van der Waals surface area contributed by atoms with Crippen molar-refractivity contribution in [2.75, 3.05) is 6.54 Å². The van der Waals surface area contributed by atoms with Crippen molar-refractivity contribution in [1.29, 1.82) is 0 Å². The number of fused-ring (bicyclic) bond motifs is 1. The smallest absolute Gasteiger partial charge is 0.410 e. The van der Waals surface area contributed by atoms with E-state index in [1.807, 2.05) is 62.7 Å². The lowest BCUT2D eigenvalue weighted by atomic mass is 9.98.